The first-order valence-electron chi connectivity index (χ1n) is 27.7. The standard InChI is InChI=1S/C69H72O11/c1-69(67(77-49-59-40-24-9-25-41-59)65(75-47-57-36-20-7-21-37-57)63(73-45-55-32-16-5-17-33-55)61(79-69)51-71-43-53-28-12-3-13-29-53)80-68-66(76-48-58-38-22-8-23-39-58)64(74-46-56-34-18-6-19-35-56)62(72-44-54-30-14-4-15-31-54)60(78-68)50-70-42-52-26-10-2-11-27-52/h2-41,60-68H,42-51H2,1H3/t60-,61-,62-,63+,64+,65+,66-,67-,68+,69-/m1/s1. The average molecular weight is 1080 g/mol. The van der Waals surface area contributed by atoms with Gasteiger partial charge in [-0.2, -0.15) is 0 Å². The molecule has 2 fully saturated rings. The van der Waals surface area contributed by atoms with Crippen LogP contribution in [0, 0.1) is 0 Å². The highest BCUT2D eigenvalue weighted by Gasteiger charge is 2.59. The van der Waals surface area contributed by atoms with Crippen molar-refractivity contribution in [2.75, 3.05) is 13.2 Å². The van der Waals surface area contributed by atoms with Gasteiger partial charge >= 0.3 is 0 Å². The summed E-state index contributed by atoms with van der Waals surface area (Å²) in [6.45, 7) is 4.28. The van der Waals surface area contributed by atoms with Crippen molar-refractivity contribution in [1.29, 1.82) is 0 Å². The molecule has 11 heteroatoms. The van der Waals surface area contributed by atoms with Crippen LogP contribution < -0.4 is 0 Å². The van der Waals surface area contributed by atoms with Crippen LogP contribution in [0.15, 0.2) is 243 Å². The van der Waals surface area contributed by atoms with Crippen LogP contribution >= 0.6 is 0 Å². The van der Waals surface area contributed by atoms with Gasteiger partial charge in [-0.3, -0.25) is 0 Å². The van der Waals surface area contributed by atoms with Gasteiger partial charge in [-0.1, -0.05) is 243 Å². The molecular weight excluding hydrogens is 1000 g/mol. The summed E-state index contributed by atoms with van der Waals surface area (Å²) in [7, 11) is 0. The molecule has 8 aromatic rings. The van der Waals surface area contributed by atoms with E-state index in [-0.39, 0.29) is 52.9 Å². The van der Waals surface area contributed by atoms with Gasteiger partial charge < -0.3 is 52.1 Å². The molecule has 10 atom stereocenters. The maximum atomic E-state index is 7.62. The lowest BCUT2D eigenvalue weighted by molar-refractivity contribution is -0.431. The third-order valence-corrected chi connectivity index (χ3v) is 14.3. The first kappa shape index (κ1) is 56.6. The fraction of sp³-hybridized carbons (Fsp3) is 0.304. The predicted molar refractivity (Wildman–Crippen MR) is 305 cm³/mol. The Bertz CT molecular complexity index is 2950. The van der Waals surface area contributed by atoms with Gasteiger partial charge in [-0.05, 0) is 51.4 Å². The van der Waals surface area contributed by atoms with Gasteiger partial charge in [0.2, 0.25) is 0 Å². The second-order valence-corrected chi connectivity index (χ2v) is 20.4. The molecule has 0 spiro atoms. The van der Waals surface area contributed by atoms with Gasteiger partial charge in [-0.15, -0.1) is 0 Å². The highest BCUT2D eigenvalue weighted by atomic mass is 16.8. The van der Waals surface area contributed by atoms with E-state index in [1.54, 1.807) is 0 Å². The molecule has 2 heterocycles. The van der Waals surface area contributed by atoms with E-state index in [9.17, 15) is 0 Å². The predicted octanol–water partition coefficient (Wildman–Crippen LogP) is 12.8. The zero-order chi connectivity index (χ0) is 54.4. The minimum absolute atomic E-state index is 0.123. The van der Waals surface area contributed by atoms with E-state index in [0.717, 1.165) is 44.5 Å². The van der Waals surface area contributed by atoms with Gasteiger partial charge in [0.25, 0.3) is 0 Å². The third-order valence-electron chi connectivity index (χ3n) is 14.3. The molecule has 0 radical (unpaired) electrons. The molecule has 414 valence electrons. The Morgan fingerprint density at radius 1 is 0.300 bits per heavy atom. The molecule has 0 aliphatic carbocycles. The normalized spacial score (nSPS) is 23.8. The van der Waals surface area contributed by atoms with Crippen LogP contribution in [0.25, 0.3) is 0 Å². The molecular formula is C69H72O11. The Kier molecular flexibility index (Phi) is 21.0. The summed E-state index contributed by atoms with van der Waals surface area (Å²) in [5, 5.41) is 0. The van der Waals surface area contributed by atoms with Crippen LogP contribution in [0.5, 0.6) is 0 Å². The Morgan fingerprint density at radius 3 is 0.938 bits per heavy atom. The minimum atomic E-state index is -1.64. The molecule has 10 rings (SSSR count). The summed E-state index contributed by atoms with van der Waals surface area (Å²) in [5.41, 5.74) is 7.88. The van der Waals surface area contributed by atoms with E-state index in [2.05, 4.69) is 0 Å². The molecule has 80 heavy (non-hydrogen) atoms. The maximum Gasteiger partial charge on any atom is 0.198 e. The van der Waals surface area contributed by atoms with Gasteiger partial charge in [-0.25, -0.2) is 0 Å². The van der Waals surface area contributed by atoms with Gasteiger partial charge in [0, 0.05) is 0 Å². The van der Waals surface area contributed by atoms with Gasteiger partial charge in [0.05, 0.1) is 66.1 Å². The molecule has 11 nitrogen and oxygen atoms in total. The maximum absolute atomic E-state index is 7.62. The van der Waals surface area contributed by atoms with E-state index in [1.807, 2.05) is 250 Å². The summed E-state index contributed by atoms with van der Waals surface area (Å²) in [4.78, 5) is 0. The number of rotatable bonds is 28. The summed E-state index contributed by atoms with van der Waals surface area (Å²) in [6, 6.07) is 80.7. The highest BCUT2D eigenvalue weighted by molar-refractivity contribution is 5.20. The van der Waals surface area contributed by atoms with E-state index >= 15 is 0 Å². The Labute approximate surface area is 471 Å². The van der Waals surface area contributed by atoms with E-state index in [0.29, 0.717) is 13.2 Å². The van der Waals surface area contributed by atoms with Crippen molar-refractivity contribution in [1.82, 2.24) is 0 Å². The van der Waals surface area contributed by atoms with Gasteiger partial charge in [0.15, 0.2) is 12.1 Å². The SMILES string of the molecule is C[C@]1(O[C@@H]2O[C@H](COCc3ccccc3)[C@@H](OCc3ccccc3)[C@H](OCc3ccccc3)[C@H]2OCc2ccccc2)O[C@H](COCc2ccccc2)[C@H](OCc2ccccc2)[C@H](OCc2ccccc2)[C@H]1OCc1ccccc1. The van der Waals surface area contributed by atoms with Crippen LogP contribution in [0.3, 0.4) is 0 Å². The molecule has 0 saturated carbocycles. The second-order valence-electron chi connectivity index (χ2n) is 20.4. The largest absolute Gasteiger partial charge is 0.374 e. The molecule has 2 aliphatic rings. The number of benzene rings is 8. The summed E-state index contributed by atoms with van der Waals surface area (Å²) in [6.07, 6.45) is -7.53. The lowest BCUT2D eigenvalue weighted by Gasteiger charge is -2.53. The fourth-order valence-electron chi connectivity index (χ4n) is 10.2. The second kappa shape index (κ2) is 29.7. The fourth-order valence-corrected chi connectivity index (χ4v) is 10.2. The summed E-state index contributed by atoms with van der Waals surface area (Å²) < 4.78 is 78.4. The Morgan fingerprint density at radius 2 is 0.575 bits per heavy atom. The molecule has 2 saturated heterocycles. The summed E-state index contributed by atoms with van der Waals surface area (Å²) >= 11 is 0. The van der Waals surface area contributed by atoms with Crippen molar-refractivity contribution >= 4 is 0 Å². The van der Waals surface area contributed by atoms with Crippen molar-refractivity contribution in [2.45, 2.75) is 121 Å². The first-order valence-corrected chi connectivity index (χ1v) is 27.7. The van der Waals surface area contributed by atoms with Crippen molar-refractivity contribution in [3.05, 3.63) is 287 Å². The third kappa shape index (κ3) is 16.2. The van der Waals surface area contributed by atoms with E-state index in [4.69, 9.17) is 52.1 Å². The summed E-state index contributed by atoms with van der Waals surface area (Å²) in [5.74, 6) is -1.64. The van der Waals surface area contributed by atoms with Crippen LogP contribution in [-0.4, -0.2) is 74.1 Å². The van der Waals surface area contributed by atoms with Crippen LogP contribution in [0.4, 0.5) is 0 Å². The Hall–Kier alpha value is -6.68. The average Bonchev–Trinajstić information content (AvgIpc) is 3.60. The van der Waals surface area contributed by atoms with Crippen LogP contribution in [0.2, 0.25) is 0 Å². The van der Waals surface area contributed by atoms with E-state index in [1.165, 1.54) is 0 Å². The topological polar surface area (TPSA) is 102 Å². The smallest absolute Gasteiger partial charge is 0.198 e. The molecule has 2 aliphatic heterocycles. The highest BCUT2D eigenvalue weighted by Crippen LogP contribution is 2.42. The lowest BCUT2D eigenvalue weighted by atomic mass is 9.91. The van der Waals surface area contributed by atoms with Crippen molar-refractivity contribution in [2.24, 2.45) is 0 Å². The van der Waals surface area contributed by atoms with Crippen molar-refractivity contribution in [3.8, 4) is 0 Å². The lowest BCUT2D eigenvalue weighted by Crippen LogP contribution is -2.70. The molecule has 0 amide bonds. The van der Waals surface area contributed by atoms with Crippen molar-refractivity contribution < 1.29 is 52.1 Å². The van der Waals surface area contributed by atoms with Crippen LogP contribution in [-0.2, 0) is 105 Å². The molecule has 0 unspecified atom stereocenters. The molecule has 0 bridgehead atoms. The zero-order valence-electron chi connectivity index (χ0n) is 45.4. The number of ether oxygens (including phenoxy) is 11. The monoisotopic (exact) mass is 1080 g/mol. The molecule has 8 aromatic carbocycles. The minimum Gasteiger partial charge on any atom is -0.374 e. The first-order chi connectivity index (χ1) is 39.5. The van der Waals surface area contributed by atoms with Gasteiger partial charge in [0.1, 0.15) is 48.8 Å². The van der Waals surface area contributed by atoms with E-state index < -0.39 is 60.9 Å². The number of hydrogen-bond acceptors (Lipinski definition) is 11. The zero-order valence-corrected chi connectivity index (χ0v) is 45.4. The molecule has 0 N–H and O–H groups in total. The van der Waals surface area contributed by atoms with Crippen LogP contribution in [0.1, 0.15) is 51.4 Å². The molecule has 0 aromatic heterocycles. The van der Waals surface area contributed by atoms with Crippen molar-refractivity contribution in [3.63, 3.8) is 0 Å². The number of hydrogen-bond donors (Lipinski definition) is 0. The quantitative estimate of drug-likeness (QED) is 0.0469. The Balaban J connectivity index is 1.06.